The number of carbonyl (C=O) groups is 1. The lowest BCUT2D eigenvalue weighted by Gasteiger charge is -2.05. The number of rotatable bonds is 7. The molecule has 0 spiro atoms. The average molecular weight is 243 g/mol. The monoisotopic (exact) mass is 243 g/mol. The number of imidazole rings is 1. The summed E-state index contributed by atoms with van der Waals surface area (Å²) in [7, 11) is 0. The molecule has 94 valence electrons. The summed E-state index contributed by atoms with van der Waals surface area (Å²) in [5.74, 6) is 0. The first-order chi connectivity index (χ1) is 8.88. The number of aromatic nitrogens is 2. The van der Waals surface area contributed by atoms with Gasteiger partial charge in [-0.05, 0) is 18.5 Å². The molecule has 0 saturated carbocycles. The molecule has 0 bridgehead atoms. The zero-order valence-electron chi connectivity index (χ0n) is 10.2. The van der Waals surface area contributed by atoms with Crippen LogP contribution in [0.25, 0.3) is 0 Å². The summed E-state index contributed by atoms with van der Waals surface area (Å²) in [6.07, 6.45) is 7.53. The summed E-state index contributed by atoms with van der Waals surface area (Å²) >= 11 is 0. The molecule has 0 aliphatic rings. The van der Waals surface area contributed by atoms with Crippen molar-refractivity contribution in [2.75, 3.05) is 6.54 Å². The number of hydrogen-bond acceptors (Lipinski definition) is 3. The highest BCUT2D eigenvalue weighted by molar-refractivity contribution is 5.74. The molecule has 1 aromatic heterocycles. The van der Waals surface area contributed by atoms with Crippen molar-refractivity contribution in [3.63, 3.8) is 0 Å². The van der Waals surface area contributed by atoms with Crippen molar-refractivity contribution in [3.8, 4) is 0 Å². The number of nitrogens with one attached hydrogen (secondary N) is 1. The van der Waals surface area contributed by atoms with E-state index in [1.54, 1.807) is 6.20 Å². The van der Waals surface area contributed by atoms with Crippen LogP contribution in [-0.4, -0.2) is 22.4 Å². The van der Waals surface area contributed by atoms with Crippen molar-refractivity contribution in [2.45, 2.75) is 19.5 Å². The van der Waals surface area contributed by atoms with Gasteiger partial charge < -0.3 is 9.88 Å². The Morgan fingerprint density at radius 1 is 1.28 bits per heavy atom. The minimum absolute atomic E-state index is 0.721. The second-order valence-corrected chi connectivity index (χ2v) is 4.19. The van der Waals surface area contributed by atoms with Gasteiger partial charge in [0.15, 0.2) is 0 Å². The van der Waals surface area contributed by atoms with E-state index in [1.807, 2.05) is 36.8 Å². The van der Waals surface area contributed by atoms with Gasteiger partial charge in [0.1, 0.15) is 6.29 Å². The lowest BCUT2D eigenvalue weighted by molar-refractivity contribution is 0.112. The summed E-state index contributed by atoms with van der Waals surface area (Å²) in [6.45, 7) is 2.79. The van der Waals surface area contributed by atoms with Gasteiger partial charge in [0.05, 0.1) is 6.33 Å². The zero-order chi connectivity index (χ0) is 12.6. The van der Waals surface area contributed by atoms with Crippen LogP contribution >= 0.6 is 0 Å². The average Bonchev–Trinajstić information content (AvgIpc) is 2.92. The lowest BCUT2D eigenvalue weighted by Crippen LogP contribution is -2.16. The Bertz CT molecular complexity index is 462. The van der Waals surface area contributed by atoms with E-state index in [-0.39, 0.29) is 0 Å². The topological polar surface area (TPSA) is 46.9 Å². The maximum atomic E-state index is 10.5. The SMILES string of the molecule is O=Cc1ccc(CNCCCn2ccnc2)cc1. The van der Waals surface area contributed by atoms with E-state index < -0.39 is 0 Å². The standard InChI is InChI=1S/C14H17N3O/c18-11-14-4-2-13(3-5-14)10-15-6-1-8-17-9-7-16-12-17/h2-5,7,9,11-12,15H,1,6,8,10H2. The molecule has 0 aliphatic carbocycles. The molecular weight excluding hydrogens is 226 g/mol. The number of benzene rings is 1. The Hall–Kier alpha value is -1.94. The third-order valence-corrected chi connectivity index (χ3v) is 2.77. The Balaban J connectivity index is 1.64. The van der Waals surface area contributed by atoms with Gasteiger partial charge in [-0.1, -0.05) is 24.3 Å². The fourth-order valence-electron chi connectivity index (χ4n) is 1.75. The van der Waals surface area contributed by atoms with Crippen molar-refractivity contribution >= 4 is 6.29 Å². The van der Waals surface area contributed by atoms with Gasteiger partial charge in [-0.2, -0.15) is 0 Å². The van der Waals surface area contributed by atoms with Gasteiger partial charge in [-0.25, -0.2) is 4.98 Å². The first-order valence-electron chi connectivity index (χ1n) is 6.09. The first kappa shape index (κ1) is 12.5. The smallest absolute Gasteiger partial charge is 0.150 e. The van der Waals surface area contributed by atoms with E-state index in [0.29, 0.717) is 0 Å². The Kier molecular flexibility index (Phi) is 4.67. The summed E-state index contributed by atoms with van der Waals surface area (Å²) in [4.78, 5) is 14.5. The van der Waals surface area contributed by atoms with Crippen LogP contribution in [0, 0.1) is 0 Å². The summed E-state index contributed by atoms with van der Waals surface area (Å²) in [5.41, 5.74) is 1.92. The lowest BCUT2D eigenvalue weighted by atomic mass is 10.1. The van der Waals surface area contributed by atoms with Crippen molar-refractivity contribution < 1.29 is 4.79 Å². The largest absolute Gasteiger partial charge is 0.337 e. The molecule has 4 heteroatoms. The van der Waals surface area contributed by atoms with Crippen LogP contribution in [0.3, 0.4) is 0 Å². The summed E-state index contributed by atoms with van der Waals surface area (Å²) in [6, 6.07) is 7.64. The van der Waals surface area contributed by atoms with Crippen LogP contribution in [0.15, 0.2) is 43.0 Å². The molecule has 2 aromatic rings. The Labute approximate surface area is 107 Å². The van der Waals surface area contributed by atoms with Gasteiger partial charge in [0.25, 0.3) is 0 Å². The molecule has 0 atom stereocenters. The normalized spacial score (nSPS) is 10.4. The Morgan fingerprint density at radius 2 is 2.11 bits per heavy atom. The van der Waals surface area contributed by atoms with Crippen LogP contribution in [0.2, 0.25) is 0 Å². The number of aryl methyl sites for hydroxylation is 1. The molecule has 2 rings (SSSR count). The number of carbonyl (C=O) groups excluding carboxylic acids is 1. The van der Waals surface area contributed by atoms with Gasteiger partial charge in [-0.3, -0.25) is 4.79 Å². The minimum Gasteiger partial charge on any atom is -0.337 e. The maximum absolute atomic E-state index is 10.5. The second-order valence-electron chi connectivity index (χ2n) is 4.19. The number of nitrogens with zero attached hydrogens (tertiary/aromatic N) is 2. The molecule has 0 amide bonds. The molecule has 1 N–H and O–H groups in total. The van der Waals surface area contributed by atoms with Gasteiger partial charge in [0, 0.05) is 31.0 Å². The molecule has 0 saturated heterocycles. The highest BCUT2D eigenvalue weighted by Gasteiger charge is 1.94. The fraction of sp³-hybridized carbons (Fsp3) is 0.286. The number of aldehydes is 1. The van der Waals surface area contributed by atoms with Crippen molar-refractivity contribution in [2.24, 2.45) is 0 Å². The summed E-state index contributed by atoms with van der Waals surface area (Å²) < 4.78 is 2.07. The van der Waals surface area contributed by atoms with Gasteiger partial charge in [0.2, 0.25) is 0 Å². The van der Waals surface area contributed by atoms with E-state index in [4.69, 9.17) is 0 Å². The predicted molar refractivity (Wildman–Crippen MR) is 70.4 cm³/mol. The van der Waals surface area contributed by atoms with Crippen LogP contribution in [0.1, 0.15) is 22.3 Å². The molecule has 0 fully saturated rings. The first-order valence-corrected chi connectivity index (χ1v) is 6.09. The molecule has 0 unspecified atom stereocenters. The maximum Gasteiger partial charge on any atom is 0.150 e. The highest BCUT2D eigenvalue weighted by Crippen LogP contribution is 2.02. The van der Waals surface area contributed by atoms with Crippen molar-refractivity contribution in [3.05, 3.63) is 54.1 Å². The molecule has 4 nitrogen and oxygen atoms in total. The molecule has 0 radical (unpaired) electrons. The van der Waals surface area contributed by atoms with Crippen LogP contribution in [-0.2, 0) is 13.1 Å². The van der Waals surface area contributed by atoms with Gasteiger partial charge >= 0.3 is 0 Å². The molecule has 18 heavy (non-hydrogen) atoms. The van der Waals surface area contributed by atoms with E-state index >= 15 is 0 Å². The van der Waals surface area contributed by atoms with Crippen molar-refractivity contribution in [1.82, 2.24) is 14.9 Å². The molecular formula is C14H17N3O. The van der Waals surface area contributed by atoms with Crippen molar-refractivity contribution in [1.29, 1.82) is 0 Å². The highest BCUT2D eigenvalue weighted by atomic mass is 16.1. The van der Waals surface area contributed by atoms with Crippen LogP contribution in [0.5, 0.6) is 0 Å². The van der Waals surface area contributed by atoms with Gasteiger partial charge in [-0.15, -0.1) is 0 Å². The second kappa shape index (κ2) is 6.71. The Morgan fingerprint density at radius 3 is 2.78 bits per heavy atom. The zero-order valence-corrected chi connectivity index (χ0v) is 10.2. The van der Waals surface area contributed by atoms with Crippen LogP contribution < -0.4 is 5.32 Å². The molecule has 1 heterocycles. The van der Waals surface area contributed by atoms with E-state index in [2.05, 4.69) is 14.9 Å². The predicted octanol–water partition coefficient (Wildman–Crippen LogP) is 1.88. The molecule has 0 aliphatic heterocycles. The van der Waals surface area contributed by atoms with E-state index in [0.717, 1.165) is 37.9 Å². The molecule has 1 aromatic carbocycles. The quantitative estimate of drug-likeness (QED) is 0.596. The van der Waals surface area contributed by atoms with Crippen LogP contribution in [0.4, 0.5) is 0 Å². The summed E-state index contributed by atoms with van der Waals surface area (Å²) in [5, 5.41) is 3.38. The number of hydrogen-bond donors (Lipinski definition) is 1. The third-order valence-electron chi connectivity index (χ3n) is 2.77. The fourth-order valence-corrected chi connectivity index (χ4v) is 1.75. The van der Waals surface area contributed by atoms with E-state index in [1.165, 1.54) is 5.56 Å². The minimum atomic E-state index is 0.721. The van der Waals surface area contributed by atoms with E-state index in [9.17, 15) is 4.79 Å². The third kappa shape index (κ3) is 3.82.